The maximum Gasteiger partial charge on any atom is 0.363 e. The Labute approximate surface area is 81.0 Å². The van der Waals surface area contributed by atoms with E-state index in [9.17, 15) is 4.79 Å². The van der Waals surface area contributed by atoms with Crippen molar-refractivity contribution in [1.29, 1.82) is 0 Å². The van der Waals surface area contributed by atoms with Gasteiger partial charge in [0, 0.05) is 19.3 Å². The number of hydrogen-bond donors (Lipinski definition) is 0. The van der Waals surface area contributed by atoms with Gasteiger partial charge in [-0.15, -0.1) is 0 Å². The Kier molecular flexibility index (Phi) is 2.10. The molecule has 0 spiro atoms. The lowest BCUT2D eigenvalue weighted by molar-refractivity contribution is -0.130. The third-order valence-electron chi connectivity index (χ3n) is 1.72. The predicted octanol–water partition coefficient (Wildman–Crippen LogP) is 1.40. The molecule has 0 N–H and O–H groups in total. The molecule has 4 nitrogen and oxygen atoms in total. The fourth-order valence-electron chi connectivity index (χ4n) is 1.13. The summed E-state index contributed by atoms with van der Waals surface area (Å²) in [6, 6.07) is 3.64. The molecule has 0 radical (unpaired) electrons. The van der Waals surface area contributed by atoms with E-state index in [1.807, 2.05) is 6.07 Å². The molecule has 0 saturated heterocycles. The van der Waals surface area contributed by atoms with Crippen LogP contribution in [0.25, 0.3) is 6.08 Å². The Morgan fingerprint density at radius 1 is 1.50 bits per heavy atom. The van der Waals surface area contributed by atoms with Gasteiger partial charge in [0.05, 0.1) is 0 Å². The number of aromatic nitrogens is 1. The van der Waals surface area contributed by atoms with Gasteiger partial charge in [-0.2, -0.15) is 0 Å². The second-order valence-electron chi connectivity index (χ2n) is 2.84. The van der Waals surface area contributed by atoms with Crippen LogP contribution in [-0.4, -0.2) is 16.9 Å². The Hall–Kier alpha value is -1.97. The molecule has 2 rings (SSSR count). The molecule has 70 valence electrons. The minimum Gasteiger partial charge on any atom is -0.407 e. The molecule has 4 heteroatoms. The molecule has 0 atom stereocenters. The second kappa shape index (κ2) is 3.41. The van der Waals surface area contributed by atoms with Gasteiger partial charge in [-0.1, -0.05) is 6.07 Å². The molecule has 0 aromatic carbocycles. The largest absolute Gasteiger partial charge is 0.407 e. The quantitative estimate of drug-likeness (QED) is 0.494. The zero-order valence-electron chi connectivity index (χ0n) is 7.60. The van der Waals surface area contributed by atoms with Crippen LogP contribution in [-0.2, 0) is 9.53 Å². The standard InChI is InChI=1S/C10H8N2O2/c1-7-12-9(10(13)14-7)5-8-3-2-4-11-6-8/h2-6H,1H3/b9-5+. The number of rotatable bonds is 1. The second-order valence-corrected chi connectivity index (χ2v) is 2.84. The maximum absolute atomic E-state index is 11.2. The topological polar surface area (TPSA) is 51.5 Å². The van der Waals surface area contributed by atoms with Gasteiger partial charge < -0.3 is 4.74 Å². The van der Waals surface area contributed by atoms with E-state index in [1.54, 1.807) is 31.5 Å². The van der Waals surface area contributed by atoms with Gasteiger partial charge >= 0.3 is 5.97 Å². The van der Waals surface area contributed by atoms with E-state index in [4.69, 9.17) is 4.74 Å². The molecule has 1 aromatic heterocycles. The van der Waals surface area contributed by atoms with Crippen molar-refractivity contribution in [2.45, 2.75) is 6.92 Å². The Morgan fingerprint density at radius 2 is 2.36 bits per heavy atom. The number of carbonyl (C=O) groups is 1. The van der Waals surface area contributed by atoms with E-state index in [1.165, 1.54) is 0 Å². The summed E-state index contributed by atoms with van der Waals surface area (Å²) >= 11 is 0. The first-order chi connectivity index (χ1) is 6.75. The lowest BCUT2D eigenvalue weighted by atomic mass is 10.2. The number of cyclic esters (lactones) is 1. The first-order valence-electron chi connectivity index (χ1n) is 4.15. The molecule has 2 heterocycles. The molecule has 1 aliphatic rings. The number of pyridine rings is 1. The number of carbonyl (C=O) groups excluding carboxylic acids is 1. The fourth-order valence-corrected chi connectivity index (χ4v) is 1.13. The zero-order valence-corrected chi connectivity index (χ0v) is 7.60. The molecule has 14 heavy (non-hydrogen) atoms. The van der Waals surface area contributed by atoms with Gasteiger partial charge in [0.1, 0.15) is 0 Å². The summed E-state index contributed by atoms with van der Waals surface area (Å²) in [5.74, 6) is -0.0310. The number of hydrogen-bond acceptors (Lipinski definition) is 4. The maximum atomic E-state index is 11.2. The molecule has 0 aliphatic carbocycles. The lowest BCUT2D eigenvalue weighted by Crippen LogP contribution is -1.99. The zero-order chi connectivity index (χ0) is 9.97. The third kappa shape index (κ3) is 1.69. The highest BCUT2D eigenvalue weighted by Crippen LogP contribution is 2.14. The molecule has 1 aromatic rings. The first kappa shape index (κ1) is 8.62. The van der Waals surface area contributed by atoms with Crippen LogP contribution >= 0.6 is 0 Å². The van der Waals surface area contributed by atoms with Crippen molar-refractivity contribution < 1.29 is 9.53 Å². The molecule has 0 amide bonds. The molecular formula is C10H8N2O2. The molecule has 0 bridgehead atoms. The van der Waals surface area contributed by atoms with E-state index >= 15 is 0 Å². The highest BCUT2D eigenvalue weighted by molar-refractivity contribution is 6.06. The average Bonchev–Trinajstić information content (AvgIpc) is 2.47. The van der Waals surface area contributed by atoms with Crippen LogP contribution in [0.5, 0.6) is 0 Å². The van der Waals surface area contributed by atoms with Crippen LogP contribution in [0.15, 0.2) is 35.2 Å². The van der Waals surface area contributed by atoms with Gasteiger partial charge in [-0.25, -0.2) is 9.79 Å². The van der Waals surface area contributed by atoms with Gasteiger partial charge in [0.2, 0.25) is 0 Å². The summed E-state index contributed by atoms with van der Waals surface area (Å²) in [5, 5.41) is 0. The van der Waals surface area contributed by atoms with E-state index in [-0.39, 0.29) is 0 Å². The number of nitrogens with zero attached hydrogens (tertiary/aromatic N) is 2. The van der Waals surface area contributed by atoms with Crippen molar-refractivity contribution >= 4 is 17.9 Å². The van der Waals surface area contributed by atoms with E-state index in [0.717, 1.165) is 5.56 Å². The molecule has 1 aliphatic heterocycles. The summed E-state index contributed by atoms with van der Waals surface area (Å²) < 4.78 is 4.77. The van der Waals surface area contributed by atoms with Gasteiger partial charge in [0.25, 0.3) is 0 Å². The van der Waals surface area contributed by atoms with Crippen molar-refractivity contribution in [3.05, 3.63) is 35.8 Å². The van der Waals surface area contributed by atoms with Crippen molar-refractivity contribution in [3.63, 3.8) is 0 Å². The minimum absolute atomic E-state index is 0.315. The molecule has 0 fully saturated rings. The minimum atomic E-state index is -0.411. The van der Waals surface area contributed by atoms with Gasteiger partial charge in [-0.3, -0.25) is 4.98 Å². The monoisotopic (exact) mass is 188 g/mol. The van der Waals surface area contributed by atoms with Crippen molar-refractivity contribution in [1.82, 2.24) is 4.98 Å². The van der Waals surface area contributed by atoms with Gasteiger partial charge in [-0.05, 0) is 17.7 Å². The van der Waals surface area contributed by atoms with Crippen molar-refractivity contribution in [2.75, 3.05) is 0 Å². The lowest BCUT2D eigenvalue weighted by Gasteiger charge is -1.91. The Bertz CT molecular complexity index is 421. The Morgan fingerprint density at radius 3 is 2.93 bits per heavy atom. The van der Waals surface area contributed by atoms with Crippen LogP contribution in [0.4, 0.5) is 0 Å². The van der Waals surface area contributed by atoms with Gasteiger partial charge in [0.15, 0.2) is 11.6 Å². The van der Waals surface area contributed by atoms with Crippen LogP contribution in [0.3, 0.4) is 0 Å². The van der Waals surface area contributed by atoms with Crippen LogP contribution in [0.1, 0.15) is 12.5 Å². The van der Waals surface area contributed by atoms with Crippen LogP contribution < -0.4 is 0 Å². The van der Waals surface area contributed by atoms with E-state index < -0.39 is 5.97 Å². The normalized spacial score (nSPS) is 18.2. The summed E-state index contributed by atoms with van der Waals surface area (Å²) in [6.07, 6.45) is 4.97. The molecule has 0 unspecified atom stereocenters. The molecular weight excluding hydrogens is 180 g/mol. The summed E-state index contributed by atoms with van der Waals surface area (Å²) in [6.45, 7) is 1.64. The van der Waals surface area contributed by atoms with Crippen molar-refractivity contribution in [3.8, 4) is 0 Å². The average molecular weight is 188 g/mol. The summed E-state index contributed by atoms with van der Waals surface area (Å²) in [4.78, 5) is 19.0. The SMILES string of the molecule is CC1=N/C(=C/c2cccnc2)C(=O)O1. The smallest absolute Gasteiger partial charge is 0.363 e. The highest BCUT2D eigenvalue weighted by Gasteiger charge is 2.19. The summed E-state index contributed by atoms with van der Waals surface area (Å²) in [7, 11) is 0. The summed E-state index contributed by atoms with van der Waals surface area (Å²) in [5.41, 5.74) is 1.15. The van der Waals surface area contributed by atoms with Crippen molar-refractivity contribution in [2.24, 2.45) is 4.99 Å². The first-order valence-corrected chi connectivity index (χ1v) is 4.15. The Balaban J connectivity index is 2.32. The van der Waals surface area contributed by atoms with Crippen LogP contribution in [0, 0.1) is 0 Å². The van der Waals surface area contributed by atoms with E-state index in [2.05, 4.69) is 9.98 Å². The number of esters is 1. The van der Waals surface area contributed by atoms with E-state index in [0.29, 0.717) is 11.6 Å². The number of aliphatic imine (C=N–C) groups is 1. The third-order valence-corrected chi connectivity index (χ3v) is 1.72. The highest BCUT2D eigenvalue weighted by atomic mass is 16.6. The van der Waals surface area contributed by atoms with Crippen LogP contribution in [0.2, 0.25) is 0 Å². The number of ether oxygens (including phenoxy) is 1. The molecule has 0 saturated carbocycles. The fraction of sp³-hybridized carbons (Fsp3) is 0.100. The predicted molar refractivity (Wildman–Crippen MR) is 51.4 cm³/mol.